The fraction of sp³-hybridized carbons (Fsp3) is 0.977. The van der Waals surface area contributed by atoms with Crippen molar-refractivity contribution < 1.29 is 67.5 Å². The summed E-state index contributed by atoms with van der Waals surface area (Å²) in [5.41, 5.74) is -1.31. The molecule has 1 spiro atoms. The maximum atomic E-state index is 11.9. The molecule has 6 saturated heterocycles. The first kappa shape index (κ1) is 45.5. The molecule has 0 saturated carbocycles. The lowest BCUT2D eigenvalue weighted by molar-refractivity contribution is -0.358. The molecule has 6 rings (SSSR count). The second kappa shape index (κ2) is 16.4. The van der Waals surface area contributed by atoms with Crippen LogP contribution >= 0.6 is 0 Å². The molecule has 14 heteroatoms. The van der Waals surface area contributed by atoms with Crippen LogP contribution in [0.5, 0.6) is 0 Å². The molecule has 0 aromatic heterocycles. The van der Waals surface area contributed by atoms with E-state index >= 15 is 0 Å². The average Bonchev–Trinajstić information content (AvgIpc) is 3.82. The van der Waals surface area contributed by atoms with Crippen molar-refractivity contribution >= 4 is 5.97 Å². The maximum absolute atomic E-state index is 11.9. The highest BCUT2D eigenvalue weighted by molar-refractivity contribution is 5.68. The molecule has 330 valence electrons. The fourth-order valence-corrected chi connectivity index (χ4v) is 12.2. The minimum Gasteiger partial charge on any atom is -0.481 e. The van der Waals surface area contributed by atoms with Gasteiger partial charge in [0.05, 0.1) is 72.6 Å². The van der Waals surface area contributed by atoms with Gasteiger partial charge in [0, 0.05) is 82.7 Å². The summed E-state index contributed by atoms with van der Waals surface area (Å²) in [7, 11) is 6.69. The van der Waals surface area contributed by atoms with Crippen LogP contribution in [0.15, 0.2) is 0 Å². The molecule has 0 bridgehead atoms. The highest BCUT2D eigenvalue weighted by Crippen LogP contribution is 2.55. The van der Waals surface area contributed by atoms with Crippen LogP contribution in [0.4, 0.5) is 0 Å². The Kier molecular flexibility index (Phi) is 13.1. The number of aliphatic carboxylic acids is 1. The van der Waals surface area contributed by atoms with Crippen molar-refractivity contribution in [1.82, 2.24) is 0 Å². The first-order valence-corrected chi connectivity index (χ1v) is 21.4. The van der Waals surface area contributed by atoms with E-state index in [4.69, 9.17) is 47.4 Å². The third-order valence-corrected chi connectivity index (χ3v) is 15.8. The summed E-state index contributed by atoms with van der Waals surface area (Å²) >= 11 is 0. The van der Waals surface area contributed by atoms with Crippen LogP contribution in [0.25, 0.3) is 0 Å². The quantitative estimate of drug-likeness (QED) is 0.257. The minimum atomic E-state index is -1.90. The second-order valence-corrected chi connectivity index (χ2v) is 19.5. The normalized spacial score (nSPS) is 55.0. The van der Waals surface area contributed by atoms with Gasteiger partial charge in [0.25, 0.3) is 0 Å². The van der Waals surface area contributed by atoms with E-state index in [1.54, 1.807) is 42.3 Å². The molecule has 0 amide bonds. The first-order valence-electron chi connectivity index (χ1n) is 21.4. The monoisotopic (exact) mass is 815 g/mol. The predicted octanol–water partition coefficient (Wildman–Crippen LogP) is 4.93. The maximum Gasteiger partial charge on any atom is 0.308 e. The van der Waals surface area contributed by atoms with Gasteiger partial charge >= 0.3 is 5.97 Å². The van der Waals surface area contributed by atoms with E-state index in [0.29, 0.717) is 19.3 Å². The number of ether oxygens (including phenoxy) is 10. The summed E-state index contributed by atoms with van der Waals surface area (Å²) in [5, 5.41) is 32.6. The third-order valence-electron chi connectivity index (χ3n) is 15.8. The van der Waals surface area contributed by atoms with E-state index in [9.17, 15) is 20.1 Å². The van der Waals surface area contributed by atoms with Crippen LogP contribution in [0.2, 0.25) is 0 Å². The molecule has 0 aromatic carbocycles. The van der Waals surface area contributed by atoms with Crippen molar-refractivity contribution in [1.29, 1.82) is 0 Å². The van der Waals surface area contributed by atoms with Crippen molar-refractivity contribution in [3.8, 4) is 0 Å². The number of hydrogen-bond acceptors (Lipinski definition) is 13. The van der Waals surface area contributed by atoms with Crippen molar-refractivity contribution in [3.63, 3.8) is 0 Å². The molecule has 0 aliphatic carbocycles. The zero-order chi connectivity index (χ0) is 42.2. The summed E-state index contributed by atoms with van der Waals surface area (Å²) in [4.78, 5) is 11.9. The van der Waals surface area contributed by atoms with Crippen LogP contribution in [-0.2, 0) is 52.2 Å². The Morgan fingerprint density at radius 3 is 1.91 bits per heavy atom. The molecule has 22 atom stereocenters. The van der Waals surface area contributed by atoms with Gasteiger partial charge in [-0.1, -0.05) is 48.5 Å². The smallest absolute Gasteiger partial charge is 0.308 e. The molecule has 2 unspecified atom stereocenters. The predicted molar refractivity (Wildman–Crippen MR) is 207 cm³/mol. The lowest BCUT2D eigenvalue weighted by Gasteiger charge is -2.54. The Balaban J connectivity index is 1.19. The Hall–Kier alpha value is -1.01. The summed E-state index contributed by atoms with van der Waals surface area (Å²) in [6, 6.07) is 0. The molecule has 57 heavy (non-hydrogen) atoms. The van der Waals surface area contributed by atoms with Crippen LogP contribution in [0.1, 0.15) is 108 Å². The van der Waals surface area contributed by atoms with E-state index in [1.807, 2.05) is 20.8 Å². The van der Waals surface area contributed by atoms with Crippen LogP contribution in [-0.4, -0.2) is 139 Å². The van der Waals surface area contributed by atoms with Crippen LogP contribution in [0.3, 0.4) is 0 Å². The van der Waals surface area contributed by atoms with Gasteiger partial charge in [0.15, 0.2) is 17.4 Å². The molecule has 3 N–H and O–H groups in total. The zero-order valence-electron chi connectivity index (χ0n) is 36.9. The minimum absolute atomic E-state index is 0.0281. The van der Waals surface area contributed by atoms with E-state index < -0.39 is 77.4 Å². The third kappa shape index (κ3) is 7.88. The standard InChI is InChI=1S/C43H74O14/c1-21-28(48-11)19-42(55-31(21)22(2)32-23(3)34(50-13)27(7)43(47,56-32)20-30(44)45)18-17-39(8,57-42)29-15-16-40(9,53-29)38-25(5)35(51-14)37(52-38)36-24(4)33(49-12)26(6)41(10,46)54-36/h21-29,31-38,46-47H,15-20H2,1-14H3,(H,44,45)/t21-,22-,23+,24+,25+,26-,27-,28+,29-,31?,32-,33+,34+,35?,36+,37-,38-,39+,40+,41+,42-,43+/m1/s1. The van der Waals surface area contributed by atoms with Crippen molar-refractivity contribution in [2.24, 2.45) is 41.4 Å². The topological polar surface area (TPSA) is 170 Å². The van der Waals surface area contributed by atoms with Gasteiger partial charge in [-0.25, -0.2) is 0 Å². The summed E-state index contributed by atoms with van der Waals surface area (Å²) < 4.78 is 65.1. The fourth-order valence-electron chi connectivity index (χ4n) is 12.2. The molecule has 6 fully saturated rings. The number of carboxylic acid groups (broad SMARTS) is 1. The molecular formula is C43H74O14. The van der Waals surface area contributed by atoms with Crippen molar-refractivity contribution in [2.45, 2.75) is 197 Å². The Labute approximate surface area is 340 Å². The van der Waals surface area contributed by atoms with Gasteiger partial charge in [-0.05, 0) is 40.0 Å². The molecule has 0 radical (unpaired) electrons. The molecule has 14 nitrogen and oxygen atoms in total. The lowest BCUT2D eigenvalue weighted by Crippen LogP contribution is -2.63. The SMILES string of the molecule is COC1[C@H]([C@H]2O[C@](C)(O)[C@H](C)[C@@H](OC)[C@@H]2C)O[C@@H]([C@]2(C)CC[C@H]([C@]3(C)CC[C@]4(C[C@H](OC)[C@@H](C)C([C@@H](C)[C@H]5O[C@@](O)(CC(=O)O)[C@H](C)[C@@H](OC)[C@H]5C)O4)O3)O2)[C@H]1C. The van der Waals surface area contributed by atoms with E-state index in [0.717, 1.165) is 12.8 Å². The highest BCUT2D eigenvalue weighted by Gasteiger charge is 2.64. The Morgan fingerprint density at radius 1 is 0.702 bits per heavy atom. The molecule has 0 aromatic rings. The van der Waals surface area contributed by atoms with Gasteiger partial charge in [0.2, 0.25) is 0 Å². The Morgan fingerprint density at radius 2 is 1.32 bits per heavy atom. The highest BCUT2D eigenvalue weighted by atomic mass is 16.7. The summed E-state index contributed by atoms with van der Waals surface area (Å²) in [6.45, 7) is 20.1. The number of hydrogen-bond donors (Lipinski definition) is 3. The van der Waals surface area contributed by atoms with E-state index in [2.05, 4.69) is 34.6 Å². The van der Waals surface area contributed by atoms with Gasteiger partial charge in [-0.15, -0.1) is 0 Å². The van der Waals surface area contributed by atoms with Gasteiger partial charge in [0.1, 0.15) is 6.10 Å². The van der Waals surface area contributed by atoms with Gasteiger partial charge in [-0.2, -0.15) is 0 Å². The number of methoxy groups -OCH3 is 4. The van der Waals surface area contributed by atoms with Crippen LogP contribution < -0.4 is 0 Å². The van der Waals surface area contributed by atoms with E-state index in [-0.39, 0.29) is 66.0 Å². The zero-order valence-corrected chi connectivity index (χ0v) is 36.9. The molecule has 6 aliphatic rings. The summed E-state index contributed by atoms with van der Waals surface area (Å²) in [6.07, 6.45) is -0.662. The number of aliphatic hydroxyl groups is 2. The molecule has 6 heterocycles. The Bertz CT molecular complexity index is 1420. The van der Waals surface area contributed by atoms with Crippen LogP contribution in [0, 0.1) is 41.4 Å². The number of carboxylic acids is 1. The average molecular weight is 815 g/mol. The van der Waals surface area contributed by atoms with E-state index in [1.165, 1.54) is 0 Å². The van der Waals surface area contributed by atoms with Gasteiger partial charge < -0.3 is 62.7 Å². The largest absolute Gasteiger partial charge is 0.481 e. The first-order chi connectivity index (χ1) is 26.5. The van der Waals surface area contributed by atoms with Gasteiger partial charge in [-0.3, -0.25) is 4.79 Å². The molecular weight excluding hydrogens is 740 g/mol. The van der Waals surface area contributed by atoms with Crippen molar-refractivity contribution in [3.05, 3.63) is 0 Å². The summed E-state index contributed by atoms with van der Waals surface area (Å²) in [5.74, 6) is -6.75. The van der Waals surface area contributed by atoms with Crippen molar-refractivity contribution in [2.75, 3.05) is 28.4 Å². The lowest BCUT2D eigenvalue weighted by atomic mass is 9.72. The number of rotatable bonds is 11. The molecule has 6 aliphatic heterocycles. The number of carbonyl (C=O) groups is 1. The second-order valence-electron chi connectivity index (χ2n) is 19.5.